The Morgan fingerprint density at radius 3 is 2.70 bits per heavy atom. The molecule has 0 radical (unpaired) electrons. The van der Waals surface area contributed by atoms with E-state index in [0.29, 0.717) is 37.4 Å². The predicted molar refractivity (Wildman–Crippen MR) is 123 cm³/mol. The summed E-state index contributed by atoms with van der Waals surface area (Å²) in [6, 6.07) is 15.6. The molecule has 4 rings (SSSR count). The Kier molecular flexibility index (Phi) is 6.88. The number of rotatable bonds is 9. The van der Waals surface area contributed by atoms with E-state index in [2.05, 4.69) is 4.98 Å². The lowest BCUT2D eigenvalue weighted by molar-refractivity contribution is -0.695. The molecule has 2 N–H and O–H groups in total. The highest BCUT2D eigenvalue weighted by atomic mass is 16.5. The van der Waals surface area contributed by atoms with Gasteiger partial charge in [0.05, 0.1) is 24.8 Å². The van der Waals surface area contributed by atoms with Crippen molar-refractivity contribution in [2.24, 2.45) is 0 Å². The Labute approximate surface area is 192 Å². The number of aromatic nitrogens is 2. The highest BCUT2D eigenvalue weighted by Crippen LogP contribution is 2.40. The maximum absolute atomic E-state index is 13.1. The summed E-state index contributed by atoms with van der Waals surface area (Å²) in [5, 5.41) is 11.1. The average molecular weight is 447 g/mol. The molecular weight excluding hydrogens is 418 g/mol. The van der Waals surface area contributed by atoms with Gasteiger partial charge in [0.15, 0.2) is 0 Å². The molecule has 1 aliphatic heterocycles. The largest absolute Gasteiger partial charge is 0.507 e. The summed E-state index contributed by atoms with van der Waals surface area (Å²) in [4.78, 5) is 30.7. The maximum atomic E-state index is 13.1. The van der Waals surface area contributed by atoms with Crippen molar-refractivity contribution < 1.29 is 24.0 Å². The molecular formula is C26H28N3O4+. The molecule has 3 aromatic rings. The molecule has 0 spiro atoms. The smallest absolute Gasteiger partial charge is 0.295 e. The second-order valence-electron chi connectivity index (χ2n) is 7.98. The lowest BCUT2D eigenvalue weighted by Crippen LogP contribution is -2.36. The number of hydrogen-bond acceptors (Lipinski definition) is 4. The van der Waals surface area contributed by atoms with Gasteiger partial charge in [-0.25, -0.2) is 4.57 Å². The van der Waals surface area contributed by atoms with Crippen LogP contribution in [0.4, 0.5) is 0 Å². The molecule has 1 atom stereocenters. The third-order valence-corrected chi connectivity index (χ3v) is 5.65. The SMILES string of the molecule is CCCOc1cccc(C2C(=C(O)c3ccccc3)C(=O)C(=O)N2CCC[n+]2cc[nH]c2)c1. The van der Waals surface area contributed by atoms with Crippen molar-refractivity contribution in [2.75, 3.05) is 13.2 Å². The minimum atomic E-state index is -0.688. The molecule has 170 valence electrons. The number of carbonyl (C=O) groups excluding carboxylic acids is 2. The minimum absolute atomic E-state index is 0.105. The summed E-state index contributed by atoms with van der Waals surface area (Å²) in [5.41, 5.74) is 1.34. The predicted octanol–water partition coefficient (Wildman–Crippen LogP) is 3.60. The van der Waals surface area contributed by atoms with Crippen molar-refractivity contribution in [1.82, 2.24) is 9.88 Å². The number of hydrogen-bond donors (Lipinski definition) is 2. The van der Waals surface area contributed by atoms with Crippen LogP contribution in [0.2, 0.25) is 0 Å². The zero-order valence-corrected chi connectivity index (χ0v) is 18.6. The highest BCUT2D eigenvalue weighted by molar-refractivity contribution is 6.46. The van der Waals surface area contributed by atoms with Crippen LogP contribution in [0, 0.1) is 0 Å². The number of nitrogens with one attached hydrogen (secondary N) is 1. The van der Waals surface area contributed by atoms with Gasteiger partial charge in [-0.15, -0.1) is 0 Å². The van der Waals surface area contributed by atoms with Gasteiger partial charge in [0.1, 0.15) is 23.9 Å². The molecule has 1 fully saturated rings. The van der Waals surface area contributed by atoms with Gasteiger partial charge in [0.25, 0.3) is 11.7 Å². The van der Waals surface area contributed by atoms with Crippen LogP contribution in [0.25, 0.3) is 5.76 Å². The lowest BCUT2D eigenvalue weighted by atomic mass is 9.95. The number of ketones is 1. The molecule has 1 unspecified atom stereocenters. The lowest BCUT2D eigenvalue weighted by Gasteiger charge is -2.25. The molecule has 33 heavy (non-hydrogen) atoms. The van der Waals surface area contributed by atoms with Gasteiger partial charge in [0, 0.05) is 18.5 Å². The number of amides is 1. The molecule has 1 aliphatic rings. The van der Waals surface area contributed by atoms with Crippen LogP contribution in [0.3, 0.4) is 0 Å². The van der Waals surface area contributed by atoms with Gasteiger partial charge in [-0.2, -0.15) is 0 Å². The Morgan fingerprint density at radius 1 is 1.15 bits per heavy atom. The molecule has 7 heteroatoms. The van der Waals surface area contributed by atoms with Gasteiger partial charge in [0.2, 0.25) is 6.33 Å². The van der Waals surface area contributed by atoms with E-state index in [1.54, 1.807) is 29.2 Å². The van der Waals surface area contributed by atoms with E-state index in [-0.39, 0.29) is 11.3 Å². The summed E-state index contributed by atoms with van der Waals surface area (Å²) in [7, 11) is 0. The Hall–Kier alpha value is -3.87. The third kappa shape index (κ3) is 4.82. The summed E-state index contributed by atoms with van der Waals surface area (Å²) in [6.45, 7) is 3.67. The first-order valence-electron chi connectivity index (χ1n) is 11.2. The van der Waals surface area contributed by atoms with Crippen LogP contribution in [0.1, 0.15) is 36.9 Å². The van der Waals surface area contributed by atoms with Crippen LogP contribution < -0.4 is 9.30 Å². The van der Waals surface area contributed by atoms with Gasteiger partial charge in [-0.1, -0.05) is 49.4 Å². The number of H-pyrrole nitrogens is 1. The number of Topliss-reactive ketones (excluding diaryl/α,β-unsaturated/α-hetero) is 1. The number of aliphatic hydroxyl groups excluding tert-OH is 1. The molecule has 0 bridgehead atoms. The van der Waals surface area contributed by atoms with Gasteiger partial charge < -0.3 is 14.7 Å². The van der Waals surface area contributed by atoms with E-state index >= 15 is 0 Å². The van der Waals surface area contributed by atoms with Crippen LogP contribution in [0.15, 0.2) is 78.9 Å². The zero-order valence-electron chi connectivity index (χ0n) is 18.6. The minimum Gasteiger partial charge on any atom is -0.507 e. The highest BCUT2D eigenvalue weighted by Gasteiger charge is 2.45. The second kappa shape index (κ2) is 10.2. The molecule has 2 heterocycles. The number of nitrogens with zero attached hydrogens (tertiary/aromatic N) is 2. The molecule has 2 aromatic carbocycles. The van der Waals surface area contributed by atoms with Gasteiger partial charge in [-0.05, 0) is 24.1 Å². The average Bonchev–Trinajstić information content (AvgIpc) is 3.45. The van der Waals surface area contributed by atoms with Crippen molar-refractivity contribution in [2.45, 2.75) is 32.4 Å². The van der Waals surface area contributed by atoms with Crippen molar-refractivity contribution in [3.63, 3.8) is 0 Å². The first-order chi connectivity index (χ1) is 16.1. The first kappa shape index (κ1) is 22.3. The Bertz CT molecular complexity index is 1140. The number of imidazole rings is 1. The van der Waals surface area contributed by atoms with Crippen LogP contribution in [-0.2, 0) is 16.1 Å². The van der Waals surface area contributed by atoms with Crippen molar-refractivity contribution in [3.8, 4) is 5.75 Å². The van der Waals surface area contributed by atoms with E-state index in [4.69, 9.17) is 4.74 Å². The Morgan fingerprint density at radius 2 is 1.97 bits per heavy atom. The quantitative estimate of drug-likeness (QED) is 0.228. The van der Waals surface area contributed by atoms with Crippen LogP contribution >= 0.6 is 0 Å². The molecule has 0 aliphatic carbocycles. The van der Waals surface area contributed by atoms with Crippen molar-refractivity contribution >= 4 is 17.4 Å². The summed E-state index contributed by atoms with van der Waals surface area (Å²) in [5.74, 6) is -0.768. The zero-order chi connectivity index (χ0) is 23.2. The molecule has 7 nitrogen and oxygen atoms in total. The van der Waals surface area contributed by atoms with Gasteiger partial charge in [-0.3, -0.25) is 14.6 Å². The number of ether oxygens (including phenoxy) is 1. The summed E-state index contributed by atoms with van der Waals surface area (Å²) in [6.07, 6.45) is 7.11. The van der Waals surface area contributed by atoms with E-state index < -0.39 is 17.7 Å². The Balaban J connectivity index is 1.72. The monoisotopic (exact) mass is 446 g/mol. The van der Waals surface area contributed by atoms with Crippen molar-refractivity contribution in [3.05, 3.63) is 90.0 Å². The number of likely N-dealkylation sites (tertiary alicyclic amines) is 1. The van der Waals surface area contributed by atoms with Crippen molar-refractivity contribution in [1.29, 1.82) is 0 Å². The fraction of sp³-hybridized carbons (Fsp3) is 0.269. The number of aryl methyl sites for hydroxylation is 1. The normalized spacial score (nSPS) is 17.5. The third-order valence-electron chi connectivity index (χ3n) is 5.65. The molecule has 1 saturated heterocycles. The van der Waals surface area contributed by atoms with Crippen LogP contribution in [-0.4, -0.2) is 39.8 Å². The standard InChI is InChI=1S/C26H27N3O4/c1-2-16-33-21-11-6-10-20(17-21)23-22(24(30)19-8-4-3-5-9-19)25(31)26(32)29(23)14-7-13-28-15-12-27-18-28/h3-6,8-12,15,17-18,23H,2,7,13-14,16H2,1H3,(H,30,31)/p+1. The summed E-state index contributed by atoms with van der Waals surface area (Å²) >= 11 is 0. The van der Waals surface area contributed by atoms with E-state index in [0.717, 1.165) is 12.0 Å². The first-order valence-corrected chi connectivity index (χ1v) is 11.2. The van der Waals surface area contributed by atoms with Gasteiger partial charge >= 0.3 is 0 Å². The fourth-order valence-electron chi connectivity index (χ4n) is 4.09. The van der Waals surface area contributed by atoms with E-state index in [9.17, 15) is 14.7 Å². The molecule has 1 aromatic heterocycles. The van der Waals surface area contributed by atoms with E-state index in [1.807, 2.05) is 60.5 Å². The maximum Gasteiger partial charge on any atom is 0.295 e. The van der Waals surface area contributed by atoms with E-state index in [1.165, 1.54) is 0 Å². The number of benzene rings is 2. The van der Waals surface area contributed by atoms with Crippen LogP contribution in [0.5, 0.6) is 5.75 Å². The number of carbonyl (C=O) groups is 2. The molecule has 0 saturated carbocycles. The summed E-state index contributed by atoms with van der Waals surface area (Å²) < 4.78 is 7.76. The fourth-order valence-corrected chi connectivity index (χ4v) is 4.09. The topological polar surface area (TPSA) is 86.5 Å². The molecule has 1 amide bonds. The number of aliphatic hydroxyl groups is 1. The second-order valence-corrected chi connectivity index (χ2v) is 7.98. The number of aromatic amines is 1.